The number of hydrogen-bond donors (Lipinski definition) is 5. The van der Waals surface area contributed by atoms with Gasteiger partial charge in [0.05, 0.1) is 6.04 Å². The minimum absolute atomic E-state index is 0.168. The highest BCUT2D eigenvalue weighted by molar-refractivity contribution is 5.98. The Morgan fingerprint density at radius 1 is 1.22 bits per heavy atom. The highest BCUT2D eigenvalue weighted by atomic mass is 16.2. The Balaban J connectivity index is 1.57. The quantitative estimate of drug-likeness (QED) is 0.273. The van der Waals surface area contributed by atoms with Gasteiger partial charge >= 0.3 is 6.03 Å². The van der Waals surface area contributed by atoms with Crippen molar-refractivity contribution in [3.05, 3.63) is 72.7 Å². The van der Waals surface area contributed by atoms with Crippen LogP contribution in [0.5, 0.6) is 0 Å². The number of H-pyrrole nitrogens is 1. The van der Waals surface area contributed by atoms with Crippen LogP contribution in [0.15, 0.2) is 61.4 Å². The number of para-hydroxylation sites is 1. The van der Waals surface area contributed by atoms with Crippen LogP contribution in [-0.4, -0.2) is 69.4 Å². The van der Waals surface area contributed by atoms with E-state index in [1.54, 1.807) is 36.1 Å². The van der Waals surface area contributed by atoms with Gasteiger partial charge in [0.1, 0.15) is 17.8 Å². The highest BCUT2D eigenvalue weighted by Gasteiger charge is 2.44. The number of nitrogens with two attached hydrogens (primary N) is 1. The number of nitrogens with one attached hydrogen (secondary N) is 4. The summed E-state index contributed by atoms with van der Waals surface area (Å²) in [5, 5.41) is 9.06. The van der Waals surface area contributed by atoms with Crippen LogP contribution in [-0.2, 0) is 23.1 Å². The largest absolute Gasteiger partial charge is 0.368 e. The molecule has 4 rings (SSSR count). The van der Waals surface area contributed by atoms with Gasteiger partial charge in [0.25, 0.3) is 5.91 Å². The first-order chi connectivity index (χ1) is 17.8. The summed E-state index contributed by atoms with van der Waals surface area (Å²) in [5.74, 6) is -1.63. The van der Waals surface area contributed by atoms with Crippen LogP contribution in [0, 0.1) is 0 Å². The summed E-state index contributed by atoms with van der Waals surface area (Å²) in [6.07, 6.45) is 5.58. The molecule has 11 heteroatoms. The Labute approximate surface area is 214 Å². The van der Waals surface area contributed by atoms with Gasteiger partial charge < -0.3 is 36.1 Å². The first-order valence-corrected chi connectivity index (χ1v) is 12.0. The van der Waals surface area contributed by atoms with E-state index >= 15 is 0 Å². The summed E-state index contributed by atoms with van der Waals surface area (Å²) in [6.45, 7) is 4.06. The topological polar surface area (TPSA) is 154 Å². The Kier molecular flexibility index (Phi) is 7.61. The van der Waals surface area contributed by atoms with E-state index in [0.717, 1.165) is 16.5 Å². The predicted molar refractivity (Wildman–Crippen MR) is 139 cm³/mol. The lowest BCUT2D eigenvalue weighted by Crippen LogP contribution is -2.59. The van der Waals surface area contributed by atoms with Gasteiger partial charge in [-0.2, -0.15) is 0 Å². The van der Waals surface area contributed by atoms with Crippen LogP contribution in [0.1, 0.15) is 22.5 Å². The number of carbonyl (C=O) groups excluding carboxylic acids is 4. The van der Waals surface area contributed by atoms with Gasteiger partial charge in [-0.3, -0.25) is 14.4 Å². The molecule has 0 saturated carbocycles. The number of urea groups is 1. The number of amides is 5. The number of carbonyl (C=O) groups is 4. The molecule has 3 atom stereocenters. The summed E-state index contributed by atoms with van der Waals surface area (Å²) in [6, 6.07) is 7.80. The van der Waals surface area contributed by atoms with Crippen LogP contribution in [0.2, 0.25) is 0 Å². The van der Waals surface area contributed by atoms with Gasteiger partial charge in [0.15, 0.2) is 0 Å². The molecule has 1 aliphatic heterocycles. The molecule has 0 bridgehead atoms. The fourth-order valence-corrected chi connectivity index (χ4v) is 4.71. The molecule has 6 N–H and O–H groups in total. The number of aryl methyl sites for hydroxylation is 1. The molecule has 5 amide bonds. The van der Waals surface area contributed by atoms with Crippen LogP contribution in [0.4, 0.5) is 4.79 Å². The van der Waals surface area contributed by atoms with Gasteiger partial charge in [-0.25, -0.2) is 4.79 Å². The van der Waals surface area contributed by atoms with Gasteiger partial charge in [-0.1, -0.05) is 24.3 Å². The Morgan fingerprint density at radius 3 is 2.70 bits per heavy atom. The van der Waals surface area contributed by atoms with E-state index in [1.807, 2.05) is 24.3 Å². The van der Waals surface area contributed by atoms with Crippen molar-refractivity contribution < 1.29 is 19.2 Å². The van der Waals surface area contributed by atoms with Gasteiger partial charge in [-0.15, -0.1) is 6.58 Å². The Hall–Kier alpha value is -4.54. The fourth-order valence-electron chi connectivity index (χ4n) is 4.71. The third-order valence-corrected chi connectivity index (χ3v) is 6.57. The third kappa shape index (κ3) is 5.50. The minimum Gasteiger partial charge on any atom is -0.368 e. The number of aromatic nitrogens is 2. The molecule has 0 radical (unpaired) electrons. The van der Waals surface area contributed by atoms with Crippen molar-refractivity contribution in [1.82, 2.24) is 30.4 Å². The van der Waals surface area contributed by atoms with E-state index in [2.05, 4.69) is 27.5 Å². The summed E-state index contributed by atoms with van der Waals surface area (Å²) >= 11 is 0. The molecule has 1 aliphatic rings. The lowest BCUT2D eigenvalue weighted by atomic mass is 10.0. The molecular formula is C26H31N7O4. The lowest BCUT2D eigenvalue weighted by Gasteiger charge is -2.29. The van der Waals surface area contributed by atoms with Crippen molar-refractivity contribution in [2.45, 2.75) is 31.0 Å². The second-order valence-corrected chi connectivity index (χ2v) is 9.01. The number of primary amides is 1. The van der Waals surface area contributed by atoms with Crippen LogP contribution >= 0.6 is 0 Å². The first kappa shape index (κ1) is 25.5. The van der Waals surface area contributed by atoms with Crippen molar-refractivity contribution in [3.63, 3.8) is 0 Å². The smallest absolute Gasteiger partial charge is 0.315 e. The summed E-state index contributed by atoms with van der Waals surface area (Å²) < 4.78 is 1.66. The Morgan fingerprint density at radius 2 is 2.00 bits per heavy atom. The highest BCUT2D eigenvalue weighted by Crippen LogP contribution is 2.23. The zero-order chi connectivity index (χ0) is 26.5. The maximum Gasteiger partial charge on any atom is 0.315 e. The monoisotopic (exact) mass is 505 g/mol. The molecule has 1 saturated heterocycles. The molecule has 11 nitrogen and oxygen atoms in total. The number of aromatic amines is 1. The maximum absolute atomic E-state index is 13.6. The third-order valence-electron chi connectivity index (χ3n) is 6.57. The average molecular weight is 506 g/mol. The molecule has 1 aromatic carbocycles. The van der Waals surface area contributed by atoms with Gasteiger partial charge in [0.2, 0.25) is 11.8 Å². The molecule has 194 valence electrons. The molecule has 0 aliphatic carbocycles. The molecule has 3 heterocycles. The molecule has 0 spiro atoms. The van der Waals surface area contributed by atoms with Crippen molar-refractivity contribution in [1.29, 1.82) is 0 Å². The van der Waals surface area contributed by atoms with Crippen LogP contribution in [0.3, 0.4) is 0 Å². The number of benzene rings is 1. The summed E-state index contributed by atoms with van der Waals surface area (Å²) in [4.78, 5) is 56.3. The van der Waals surface area contributed by atoms with E-state index in [-0.39, 0.29) is 25.4 Å². The first-order valence-electron chi connectivity index (χ1n) is 12.0. The number of hydrogen-bond acceptors (Lipinski definition) is 4. The molecular weight excluding hydrogens is 474 g/mol. The molecule has 37 heavy (non-hydrogen) atoms. The second-order valence-electron chi connectivity index (χ2n) is 9.01. The zero-order valence-corrected chi connectivity index (χ0v) is 20.6. The van der Waals surface area contributed by atoms with Crippen molar-refractivity contribution in [2.24, 2.45) is 12.8 Å². The molecule has 1 fully saturated rings. The molecule has 3 aromatic rings. The van der Waals surface area contributed by atoms with Crippen molar-refractivity contribution in [3.8, 4) is 0 Å². The normalized spacial score (nSPS) is 17.8. The number of rotatable bonds is 9. The fraction of sp³-hybridized carbons (Fsp3) is 0.308. The van der Waals surface area contributed by atoms with E-state index in [9.17, 15) is 19.2 Å². The second kappa shape index (κ2) is 11.0. The lowest BCUT2D eigenvalue weighted by molar-refractivity contribution is -0.130. The SMILES string of the molecule is C=CCNC(=O)NC1CCN(C(=O)c2cccn2C)C1C(=O)NC(Cc1c[nH]c2ccccc12)C(N)=O. The molecule has 2 aromatic heterocycles. The van der Waals surface area contributed by atoms with Crippen LogP contribution in [0.25, 0.3) is 10.9 Å². The maximum atomic E-state index is 13.6. The Bertz CT molecular complexity index is 1330. The van der Waals surface area contributed by atoms with E-state index in [0.29, 0.717) is 12.1 Å². The van der Waals surface area contributed by atoms with Crippen LogP contribution < -0.4 is 21.7 Å². The number of nitrogens with zero attached hydrogens (tertiary/aromatic N) is 2. The standard InChI is InChI=1S/C26H31N7O4/c1-3-11-28-26(37)31-19-10-13-33(25(36)21-9-6-12-32(21)2)22(19)24(35)30-20(23(27)34)14-16-15-29-18-8-5-4-7-17(16)18/h3-9,12,15,19-20,22,29H,1,10-11,13-14H2,2H3,(H2,27,34)(H,30,35)(H2,28,31,37). The average Bonchev–Trinajstić information content (AvgIpc) is 3.60. The van der Waals surface area contributed by atoms with Gasteiger partial charge in [-0.05, 0) is 30.2 Å². The molecule has 3 unspecified atom stereocenters. The number of fused-ring (bicyclic) bond motifs is 1. The van der Waals surface area contributed by atoms with Crippen molar-refractivity contribution >= 4 is 34.7 Å². The van der Waals surface area contributed by atoms with E-state index < -0.39 is 36.0 Å². The van der Waals surface area contributed by atoms with E-state index in [4.69, 9.17) is 5.73 Å². The van der Waals surface area contributed by atoms with Gasteiger partial charge in [0, 0.05) is 49.9 Å². The van der Waals surface area contributed by atoms with Crippen molar-refractivity contribution in [2.75, 3.05) is 13.1 Å². The van der Waals surface area contributed by atoms with E-state index in [1.165, 1.54) is 11.0 Å². The zero-order valence-electron chi connectivity index (χ0n) is 20.6. The number of likely N-dealkylation sites (tertiary alicyclic amines) is 1. The minimum atomic E-state index is -1.04. The summed E-state index contributed by atoms with van der Waals surface area (Å²) in [7, 11) is 1.74. The summed E-state index contributed by atoms with van der Waals surface area (Å²) in [5.41, 5.74) is 7.79. The predicted octanol–water partition coefficient (Wildman–Crippen LogP) is 0.788.